The Morgan fingerprint density at radius 3 is 2.67 bits per heavy atom. The zero-order valence-electron chi connectivity index (χ0n) is 11.9. The smallest absolute Gasteiger partial charge is 0.216 e. The highest BCUT2D eigenvalue weighted by atomic mass is 127. The zero-order valence-corrected chi connectivity index (χ0v) is 17.0. The molecule has 0 unspecified atom stereocenters. The molecule has 0 spiro atoms. The number of hydrogen-bond donors (Lipinski definition) is 2. The standard InChI is InChI=1S/C15H9FI2N4OS/c16-10-3-1-8(2-4-10)14-20-21-15(24)22(14)19-7-9-5-11(17)6-12(18)13(9)23/h1-7,23H,(H,21,24)/b19-7+. The molecule has 3 rings (SSSR count). The first-order valence-corrected chi connectivity index (χ1v) is 9.18. The second kappa shape index (κ2) is 7.27. The summed E-state index contributed by atoms with van der Waals surface area (Å²) in [7, 11) is 0. The van der Waals surface area contributed by atoms with E-state index >= 15 is 0 Å². The third kappa shape index (κ3) is 3.67. The molecule has 0 saturated heterocycles. The van der Waals surface area contributed by atoms with E-state index in [2.05, 4.69) is 60.5 Å². The fourth-order valence-corrected chi connectivity index (χ4v) is 4.06. The molecule has 0 fully saturated rings. The lowest BCUT2D eigenvalue weighted by Crippen LogP contribution is -1.96. The molecule has 2 aromatic carbocycles. The number of phenolic OH excluding ortho intramolecular Hbond substituents is 1. The van der Waals surface area contributed by atoms with Crippen LogP contribution in [0.3, 0.4) is 0 Å². The van der Waals surface area contributed by atoms with Crippen molar-refractivity contribution in [2.75, 3.05) is 0 Å². The van der Waals surface area contributed by atoms with Gasteiger partial charge in [-0.15, -0.1) is 0 Å². The molecule has 0 aliphatic heterocycles. The predicted octanol–water partition coefficient (Wildman–Crippen LogP) is 4.54. The van der Waals surface area contributed by atoms with Crippen LogP contribution in [0.5, 0.6) is 5.75 Å². The lowest BCUT2D eigenvalue weighted by molar-refractivity contribution is 0.470. The van der Waals surface area contributed by atoms with Gasteiger partial charge in [0.25, 0.3) is 0 Å². The summed E-state index contributed by atoms with van der Waals surface area (Å²) in [6.07, 6.45) is 1.51. The molecule has 0 atom stereocenters. The first-order chi connectivity index (χ1) is 11.5. The molecular formula is C15H9FI2N4OS. The molecule has 0 aliphatic carbocycles. The average Bonchev–Trinajstić information content (AvgIpc) is 2.91. The van der Waals surface area contributed by atoms with Gasteiger partial charge in [0, 0.05) is 14.7 Å². The Morgan fingerprint density at radius 1 is 1.25 bits per heavy atom. The van der Waals surface area contributed by atoms with Gasteiger partial charge in [0.05, 0.1) is 9.78 Å². The lowest BCUT2D eigenvalue weighted by atomic mass is 10.2. The number of H-pyrrole nitrogens is 1. The quantitative estimate of drug-likeness (QED) is 0.278. The number of rotatable bonds is 3. The van der Waals surface area contributed by atoms with Gasteiger partial charge in [0.1, 0.15) is 11.6 Å². The van der Waals surface area contributed by atoms with Crippen molar-refractivity contribution in [3.05, 3.63) is 59.7 Å². The van der Waals surface area contributed by atoms with Crippen molar-refractivity contribution < 1.29 is 9.50 Å². The highest BCUT2D eigenvalue weighted by Gasteiger charge is 2.09. The number of benzene rings is 2. The number of aromatic amines is 1. The SMILES string of the molecule is Oc1c(I)cc(I)cc1/C=N/n1c(-c2ccc(F)cc2)n[nH]c1=S. The minimum atomic E-state index is -0.332. The van der Waals surface area contributed by atoms with E-state index in [-0.39, 0.29) is 11.6 Å². The Labute approximate surface area is 168 Å². The molecule has 0 amide bonds. The monoisotopic (exact) mass is 566 g/mol. The van der Waals surface area contributed by atoms with Gasteiger partial charge in [-0.1, -0.05) is 0 Å². The lowest BCUT2D eigenvalue weighted by Gasteiger charge is -2.04. The van der Waals surface area contributed by atoms with Gasteiger partial charge in [-0.3, -0.25) is 0 Å². The Balaban J connectivity index is 2.04. The minimum absolute atomic E-state index is 0.151. The van der Waals surface area contributed by atoms with Gasteiger partial charge < -0.3 is 5.11 Å². The van der Waals surface area contributed by atoms with Crippen molar-refractivity contribution in [2.24, 2.45) is 5.10 Å². The summed E-state index contributed by atoms with van der Waals surface area (Å²) in [5, 5.41) is 21.2. The van der Waals surface area contributed by atoms with Gasteiger partial charge in [-0.25, -0.2) is 9.49 Å². The van der Waals surface area contributed by atoms with Crippen LogP contribution in [0, 0.1) is 17.7 Å². The summed E-state index contributed by atoms with van der Waals surface area (Å²) in [5.41, 5.74) is 1.24. The Hall–Kier alpha value is -1.34. The average molecular weight is 566 g/mol. The molecule has 122 valence electrons. The second-order valence-corrected chi connectivity index (χ2v) is 7.54. The fourth-order valence-electron chi connectivity index (χ4n) is 1.99. The molecule has 24 heavy (non-hydrogen) atoms. The van der Waals surface area contributed by atoms with Crippen LogP contribution in [-0.2, 0) is 0 Å². The molecule has 0 radical (unpaired) electrons. The van der Waals surface area contributed by atoms with Crippen molar-refractivity contribution in [2.45, 2.75) is 0 Å². The first-order valence-electron chi connectivity index (χ1n) is 6.61. The van der Waals surface area contributed by atoms with Crippen LogP contribution in [0.2, 0.25) is 0 Å². The molecule has 5 nitrogen and oxygen atoms in total. The summed E-state index contributed by atoms with van der Waals surface area (Å²) in [5.74, 6) is 0.274. The minimum Gasteiger partial charge on any atom is -0.506 e. The maximum atomic E-state index is 13.1. The number of nitrogens with one attached hydrogen (secondary N) is 1. The van der Waals surface area contributed by atoms with E-state index < -0.39 is 0 Å². The Kier molecular flexibility index (Phi) is 5.30. The van der Waals surface area contributed by atoms with Crippen LogP contribution in [-0.4, -0.2) is 26.2 Å². The fraction of sp³-hybridized carbons (Fsp3) is 0. The van der Waals surface area contributed by atoms with Gasteiger partial charge in [-0.2, -0.15) is 14.9 Å². The van der Waals surface area contributed by atoms with Gasteiger partial charge in [-0.05, 0) is 93.8 Å². The third-order valence-corrected chi connectivity index (χ3v) is 4.83. The molecule has 9 heteroatoms. The highest BCUT2D eigenvalue weighted by molar-refractivity contribution is 14.1. The van der Waals surface area contributed by atoms with E-state index in [4.69, 9.17) is 12.2 Å². The van der Waals surface area contributed by atoms with Crippen LogP contribution >= 0.6 is 57.4 Å². The molecule has 0 aliphatic rings. The van der Waals surface area contributed by atoms with E-state index in [1.165, 1.54) is 23.0 Å². The predicted molar refractivity (Wildman–Crippen MR) is 109 cm³/mol. The van der Waals surface area contributed by atoms with E-state index in [9.17, 15) is 9.50 Å². The number of nitrogens with zero attached hydrogens (tertiary/aromatic N) is 3. The first kappa shape index (κ1) is 17.5. The molecule has 2 N–H and O–H groups in total. The summed E-state index contributed by atoms with van der Waals surface area (Å²) >= 11 is 9.41. The molecule has 0 saturated carbocycles. The summed E-state index contributed by atoms with van der Waals surface area (Å²) in [6, 6.07) is 9.55. The van der Waals surface area contributed by atoms with Crippen LogP contribution in [0.4, 0.5) is 4.39 Å². The van der Waals surface area contributed by atoms with Gasteiger partial charge in [0.2, 0.25) is 4.77 Å². The zero-order chi connectivity index (χ0) is 17.3. The molecule has 1 heterocycles. The largest absolute Gasteiger partial charge is 0.506 e. The normalized spacial score (nSPS) is 11.3. The van der Waals surface area contributed by atoms with Crippen molar-refractivity contribution in [3.8, 4) is 17.1 Å². The highest BCUT2D eigenvalue weighted by Crippen LogP contribution is 2.26. The van der Waals surface area contributed by atoms with E-state index in [0.717, 1.165) is 7.14 Å². The second-order valence-electron chi connectivity index (χ2n) is 4.74. The van der Waals surface area contributed by atoms with Crippen LogP contribution in [0.15, 0.2) is 41.5 Å². The van der Waals surface area contributed by atoms with E-state index in [1.54, 1.807) is 12.1 Å². The number of aromatic nitrogens is 3. The topological polar surface area (TPSA) is 66.2 Å². The van der Waals surface area contributed by atoms with Crippen molar-refractivity contribution in [1.82, 2.24) is 14.9 Å². The van der Waals surface area contributed by atoms with Crippen LogP contribution in [0.25, 0.3) is 11.4 Å². The van der Waals surface area contributed by atoms with Crippen molar-refractivity contribution in [1.29, 1.82) is 0 Å². The molecule has 3 aromatic rings. The number of halogens is 3. The van der Waals surface area contributed by atoms with Gasteiger partial charge in [0.15, 0.2) is 5.82 Å². The maximum absolute atomic E-state index is 13.1. The van der Waals surface area contributed by atoms with Crippen LogP contribution < -0.4 is 0 Å². The molecular weight excluding hydrogens is 557 g/mol. The Morgan fingerprint density at radius 2 is 1.96 bits per heavy atom. The van der Waals surface area contributed by atoms with E-state index in [1.807, 2.05) is 12.1 Å². The third-order valence-electron chi connectivity index (χ3n) is 3.12. The van der Waals surface area contributed by atoms with Crippen molar-refractivity contribution in [3.63, 3.8) is 0 Å². The number of hydrogen-bond acceptors (Lipinski definition) is 4. The van der Waals surface area contributed by atoms with Crippen LogP contribution in [0.1, 0.15) is 5.56 Å². The van der Waals surface area contributed by atoms with Gasteiger partial charge >= 0.3 is 0 Å². The summed E-state index contributed by atoms with van der Waals surface area (Å²) < 4.78 is 16.5. The number of aromatic hydroxyl groups is 1. The summed E-state index contributed by atoms with van der Waals surface area (Å²) in [6.45, 7) is 0. The maximum Gasteiger partial charge on any atom is 0.216 e. The van der Waals surface area contributed by atoms with Crippen molar-refractivity contribution >= 4 is 63.6 Å². The number of phenols is 1. The molecule has 1 aromatic heterocycles. The molecule has 0 bridgehead atoms. The Bertz CT molecular complexity index is 982. The summed E-state index contributed by atoms with van der Waals surface area (Å²) in [4.78, 5) is 0. The van der Waals surface area contributed by atoms with E-state index in [0.29, 0.717) is 21.7 Å².